The van der Waals surface area contributed by atoms with Crippen LogP contribution in [0.25, 0.3) is 0 Å². The molecule has 20 heavy (non-hydrogen) atoms. The molecule has 0 aliphatic heterocycles. The number of rotatable bonds is 6. The van der Waals surface area contributed by atoms with Crippen LogP contribution in [0, 0.1) is 6.92 Å². The Morgan fingerprint density at radius 3 is 2.55 bits per heavy atom. The standard InChI is InChI=1S/C17H20ClNO/c1-13-7-8-15(17(18)9-13)11-19-16(12-20)10-14-5-3-2-4-6-14/h2-9,16,19-20H,10-12H2,1H3. The van der Waals surface area contributed by atoms with E-state index in [2.05, 4.69) is 17.4 Å². The van der Waals surface area contributed by atoms with Gasteiger partial charge in [-0.3, -0.25) is 0 Å². The van der Waals surface area contributed by atoms with Gasteiger partial charge in [0.05, 0.1) is 6.61 Å². The van der Waals surface area contributed by atoms with Crippen molar-refractivity contribution < 1.29 is 5.11 Å². The number of hydrogen-bond acceptors (Lipinski definition) is 2. The van der Waals surface area contributed by atoms with Crippen molar-refractivity contribution in [3.05, 3.63) is 70.2 Å². The van der Waals surface area contributed by atoms with Gasteiger partial charge in [-0.05, 0) is 36.1 Å². The van der Waals surface area contributed by atoms with Gasteiger partial charge in [0.1, 0.15) is 0 Å². The SMILES string of the molecule is Cc1ccc(CNC(CO)Cc2ccccc2)c(Cl)c1. The topological polar surface area (TPSA) is 32.3 Å². The summed E-state index contributed by atoms with van der Waals surface area (Å²) in [4.78, 5) is 0. The van der Waals surface area contributed by atoms with E-state index >= 15 is 0 Å². The molecule has 0 aliphatic carbocycles. The Bertz CT molecular complexity index is 542. The van der Waals surface area contributed by atoms with Crippen LogP contribution in [0.3, 0.4) is 0 Å². The van der Waals surface area contributed by atoms with Crippen molar-refractivity contribution in [1.82, 2.24) is 5.32 Å². The smallest absolute Gasteiger partial charge is 0.0587 e. The normalized spacial score (nSPS) is 12.3. The molecule has 3 heteroatoms. The molecule has 1 unspecified atom stereocenters. The second-order valence-corrected chi connectivity index (χ2v) is 5.45. The van der Waals surface area contributed by atoms with Crippen molar-refractivity contribution in [2.75, 3.05) is 6.61 Å². The molecule has 0 amide bonds. The van der Waals surface area contributed by atoms with Gasteiger partial charge in [0.2, 0.25) is 0 Å². The minimum atomic E-state index is 0.0368. The highest BCUT2D eigenvalue weighted by molar-refractivity contribution is 6.31. The highest BCUT2D eigenvalue weighted by Gasteiger charge is 2.09. The van der Waals surface area contributed by atoms with E-state index in [-0.39, 0.29) is 12.6 Å². The molecule has 0 aliphatic rings. The van der Waals surface area contributed by atoms with Crippen LogP contribution < -0.4 is 5.32 Å². The van der Waals surface area contributed by atoms with E-state index in [1.807, 2.05) is 43.3 Å². The van der Waals surface area contributed by atoms with E-state index in [4.69, 9.17) is 11.6 Å². The van der Waals surface area contributed by atoms with Crippen LogP contribution in [-0.4, -0.2) is 17.8 Å². The van der Waals surface area contributed by atoms with Gasteiger partial charge in [0, 0.05) is 17.6 Å². The summed E-state index contributed by atoms with van der Waals surface area (Å²) in [6.07, 6.45) is 0.806. The van der Waals surface area contributed by atoms with Crippen molar-refractivity contribution >= 4 is 11.6 Å². The van der Waals surface area contributed by atoms with E-state index in [1.165, 1.54) is 5.56 Å². The fourth-order valence-corrected chi connectivity index (χ4v) is 2.45. The molecule has 2 N–H and O–H groups in total. The summed E-state index contributed by atoms with van der Waals surface area (Å²) in [5.74, 6) is 0. The van der Waals surface area contributed by atoms with E-state index in [1.54, 1.807) is 0 Å². The maximum absolute atomic E-state index is 9.48. The first-order valence-corrected chi connectivity index (χ1v) is 7.20. The summed E-state index contributed by atoms with van der Waals surface area (Å²) in [5, 5.41) is 13.6. The van der Waals surface area contributed by atoms with E-state index in [0.717, 1.165) is 22.6 Å². The number of nitrogens with one attached hydrogen (secondary N) is 1. The van der Waals surface area contributed by atoms with E-state index in [0.29, 0.717) is 6.54 Å². The van der Waals surface area contributed by atoms with Gasteiger partial charge in [-0.2, -0.15) is 0 Å². The molecule has 0 spiro atoms. The average Bonchev–Trinajstić information content (AvgIpc) is 2.46. The Morgan fingerprint density at radius 1 is 1.15 bits per heavy atom. The second-order valence-electron chi connectivity index (χ2n) is 5.04. The lowest BCUT2D eigenvalue weighted by molar-refractivity contribution is 0.241. The number of benzene rings is 2. The minimum absolute atomic E-state index is 0.0368. The second kappa shape index (κ2) is 7.44. The van der Waals surface area contributed by atoms with Gasteiger partial charge in [0.25, 0.3) is 0 Å². The maximum Gasteiger partial charge on any atom is 0.0587 e. The highest BCUT2D eigenvalue weighted by Crippen LogP contribution is 2.17. The zero-order valence-electron chi connectivity index (χ0n) is 11.6. The molecule has 0 saturated heterocycles. The molecule has 2 aromatic rings. The molecule has 0 bridgehead atoms. The van der Waals surface area contributed by atoms with Crippen molar-refractivity contribution in [3.8, 4) is 0 Å². The van der Waals surface area contributed by atoms with Crippen LogP contribution in [0.15, 0.2) is 48.5 Å². The van der Waals surface area contributed by atoms with Crippen LogP contribution in [0.2, 0.25) is 5.02 Å². The lowest BCUT2D eigenvalue weighted by Crippen LogP contribution is -2.34. The van der Waals surface area contributed by atoms with Gasteiger partial charge in [-0.25, -0.2) is 0 Å². The molecule has 0 radical (unpaired) electrons. The zero-order valence-corrected chi connectivity index (χ0v) is 12.4. The molecule has 1 atom stereocenters. The number of aliphatic hydroxyl groups is 1. The number of halogens is 1. The highest BCUT2D eigenvalue weighted by atomic mass is 35.5. The molecule has 0 saturated carbocycles. The summed E-state index contributed by atoms with van der Waals surface area (Å²) in [7, 11) is 0. The summed E-state index contributed by atoms with van der Waals surface area (Å²) in [6, 6.07) is 16.2. The summed E-state index contributed by atoms with van der Waals surface area (Å²) >= 11 is 6.21. The maximum atomic E-state index is 9.48. The molecule has 2 nitrogen and oxygen atoms in total. The molecular weight excluding hydrogens is 270 g/mol. The monoisotopic (exact) mass is 289 g/mol. The molecular formula is C17H20ClNO. The Morgan fingerprint density at radius 2 is 1.90 bits per heavy atom. The zero-order chi connectivity index (χ0) is 14.4. The third-order valence-corrected chi connectivity index (χ3v) is 3.69. The van der Waals surface area contributed by atoms with Crippen LogP contribution in [0.5, 0.6) is 0 Å². The predicted molar refractivity (Wildman–Crippen MR) is 84.0 cm³/mol. The lowest BCUT2D eigenvalue weighted by atomic mass is 10.1. The van der Waals surface area contributed by atoms with Crippen LogP contribution in [0.4, 0.5) is 0 Å². The first-order valence-electron chi connectivity index (χ1n) is 6.82. The molecule has 106 valence electrons. The third-order valence-electron chi connectivity index (χ3n) is 3.34. The number of hydrogen-bond donors (Lipinski definition) is 2. The summed E-state index contributed by atoms with van der Waals surface area (Å²) < 4.78 is 0. The van der Waals surface area contributed by atoms with Crippen LogP contribution in [-0.2, 0) is 13.0 Å². The number of aliphatic hydroxyl groups excluding tert-OH is 1. The van der Waals surface area contributed by atoms with Gasteiger partial charge in [-0.15, -0.1) is 0 Å². The van der Waals surface area contributed by atoms with Crippen molar-refractivity contribution in [2.24, 2.45) is 0 Å². The largest absolute Gasteiger partial charge is 0.395 e. The Hall–Kier alpha value is -1.35. The minimum Gasteiger partial charge on any atom is -0.395 e. The van der Waals surface area contributed by atoms with Gasteiger partial charge < -0.3 is 10.4 Å². The Labute approximate surface area is 125 Å². The van der Waals surface area contributed by atoms with Crippen molar-refractivity contribution in [3.63, 3.8) is 0 Å². The van der Waals surface area contributed by atoms with Crippen LogP contribution >= 0.6 is 11.6 Å². The summed E-state index contributed by atoms with van der Waals surface area (Å²) in [5.41, 5.74) is 3.43. The van der Waals surface area contributed by atoms with Crippen LogP contribution in [0.1, 0.15) is 16.7 Å². The molecule has 2 rings (SSSR count). The molecule has 0 fully saturated rings. The lowest BCUT2D eigenvalue weighted by Gasteiger charge is -2.17. The average molecular weight is 290 g/mol. The van der Waals surface area contributed by atoms with E-state index in [9.17, 15) is 5.11 Å². The van der Waals surface area contributed by atoms with Gasteiger partial charge in [-0.1, -0.05) is 54.1 Å². The Balaban J connectivity index is 1.93. The fraction of sp³-hybridized carbons (Fsp3) is 0.294. The molecule has 0 aromatic heterocycles. The summed E-state index contributed by atoms with van der Waals surface area (Å²) in [6.45, 7) is 2.80. The first kappa shape index (κ1) is 15.0. The Kier molecular flexibility index (Phi) is 5.60. The van der Waals surface area contributed by atoms with Gasteiger partial charge >= 0.3 is 0 Å². The van der Waals surface area contributed by atoms with Crippen molar-refractivity contribution in [2.45, 2.75) is 25.9 Å². The molecule has 0 heterocycles. The van der Waals surface area contributed by atoms with Gasteiger partial charge in [0.15, 0.2) is 0 Å². The molecule has 2 aromatic carbocycles. The fourth-order valence-electron chi connectivity index (χ4n) is 2.15. The quantitative estimate of drug-likeness (QED) is 0.855. The third kappa shape index (κ3) is 4.34. The predicted octanol–water partition coefficient (Wildman–Crippen LogP) is 3.34. The number of aryl methyl sites for hydroxylation is 1. The van der Waals surface area contributed by atoms with Crippen molar-refractivity contribution in [1.29, 1.82) is 0 Å². The van der Waals surface area contributed by atoms with E-state index < -0.39 is 0 Å². The first-order chi connectivity index (χ1) is 9.69.